The van der Waals surface area contributed by atoms with Crippen molar-refractivity contribution in [1.82, 2.24) is 0 Å². The molecule has 4 nitrogen and oxygen atoms in total. The van der Waals surface area contributed by atoms with E-state index in [0.29, 0.717) is 15.6 Å². The van der Waals surface area contributed by atoms with Gasteiger partial charge in [0.15, 0.2) is 6.10 Å². The smallest absolute Gasteiger partial charge is 0.349 e. The number of carbonyl (C=O) groups is 2. The van der Waals surface area contributed by atoms with E-state index in [1.807, 2.05) is 0 Å². The number of rotatable bonds is 4. The second-order valence-corrected chi connectivity index (χ2v) is 5.41. The number of hydrogen-bond donors (Lipinski definition) is 1. The second-order valence-electron chi connectivity index (χ2n) is 4.02. The maximum atomic E-state index is 11.9. The first kappa shape index (κ1) is 14.6. The second kappa shape index (κ2) is 6.54. The van der Waals surface area contributed by atoms with Gasteiger partial charge >= 0.3 is 5.97 Å². The molecule has 2 rings (SSSR count). The van der Waals surface area contributed by atoms with E-state index in [9.17, 15) is 9.59 Å². The van der Waals surface area contributed by atoms with Crippen molar-refractivity contribution >= 4 is 40.5 Å². The van der Waals surface area contributed by atoms with Crippen LogP contribution in [0.4, 0.5) is 5.69 Å². The van der Waals surface area contributed by atoms with Gasteiger partial charge in [0.25, 0.3) is 5.91 Å². The van der Waals surface area contributed by atoms with E-state index in [-0.39, 0.29) is 0 Å². The SMILES string of the molecule is C[C@H](OC(=O)c1cccs1)C(=O)Nc1ccc(Cl)cc1. The molecule has 1 N–H and O–H groups in total. The molecule has 0 radical (unpaired) electrons. The molecule has 1 atom stereocenters. The predicted molar refractivity (Wildman–Crippen MR) is 79.3 cm³/mol. The van der Waals surface area contributed by atoms with E-state index in [4.69, 9.17) is 16.3 Å². The van der Waals surface area contributed by atoms with Crippen molar-refractivity contribution in [2.24, 2.45) is 0 Å². The number of ether oxygens (including phenoxy) is 1. The molecule has 1 aromatic heterocycles. The lowest BCUT2D eigenvalue weighted by Gasteiger charge is -2.13. The molecular weight excluding hydrogens is 298 g/mol. The Morgan fingerprint density at radius 3 is 2.55 bits per heavy atom. The van der Waals surface area contributed by atoms with Gasteiger partial charge in [0.05, 0.1) is 0 Å². The third kappa shape index (κ3) is 3.82. The van der Waals surface area contributed by atoms with Crippen molar-refractivity contribution in [3.63, 3.8) is 0 Å². The highest BCUT2D eigenvalue weighted by molar-refractivity contribution is 7.11. The lowest BCUT2D eigenvalue weighted by atomic mass is 10.3. The van der Waals surface area contributed by atoms with E-state index >= 15 is 0 Å². The Labute approximate surface area is 125 Å². The van der Waals surface area contributed by atoms with Crippen LogP contribution in [0.25, 0.3) is 0 Å². The fraction of sp³-hybridized carbons (Fsp3) is 0.143. The Balaban J connectivity index is 1.92. The number of nitrogens with one attached hydrogen (secondary N) is 1. The van der Waals surface area contributed by atoms with Crippen molar-refractivity contribution in [1.29, 1.82) is 0 Å². The number of halogens is 1. The molecule has 0 fully saturated rings. The zero-order valence-electron chi connectivity index (χ0n) is 10.6. The summed E-state index contributed by atoms with van der Waals surface area (Å²) in [5, 5.41) is 5.00. The highest BCUT2D eigenvalue weighted by Crippen LogP contribution is 2.15. The monoisotopic (exact) mass is 309 g/mol. The van der Waals surface area contributed by atoms with Crippen molar-refractivity contribution in [3.05, 3.63) is 51.7 Å². The maximum Gasteiger partial charge on any atom is 0.349 e. The summed E-state index contributed by atoms with van der Waals surface area (Å²) in [4.78, 5) is 24.1. The summed E-state index contributed by atoms with van der Waals surface area (Å²) in [5.74, 6) is -0.893. The van der Waals surface area contributed by atoms with Crippen LogP contribution < -0.4 is 5.32 Å². The molecule has 1 aromatic carbocycles. The van der Waals surface area contributed by atoms with E-state index in [2.05, 4.69) is 5.32 Å². The highest BCUT2D eigenvalue weighted by Gasteiger charge is 2.19. The average Bonchev–Trinajstić information content (AvgIpc) is 2.95. The summed E-state index contributed by atoms with van der Waals surface area (Å²) in [6.45, 7) is 1.52. The van der Waals surface area contributed by atoms with Gasteiger partial charge in [0, 0.05) is 10.7 Å². The molecule has 0 spiro atoms. The summed E-state index contributed by atoms with van der Waals surface area (Å²) in [6, 6.07) is 10.1. The number of anilines is 1. The minimum absolute atomic E-state index is 0.391. The van der Waals surface area contributed by atoms with Crippen LogP contribution in [-0.4, -0.2) is 18.0 Å². The normalized spacial score (nSPS) is 11.7. The first-order chi connectivity index (χ1) is 9.56. The third-order valence-corrected chi connectivity index (χ3v) is 3.59. The van der Waals surface area contributed by atoms with Crippen molar-refractivity contribution in [3.8, 4) is 0 Å². The molecule has 0 bridgehead atoms. The molecule has 2 aromatic rings. The molecule has 20 heavy (non-hydrogen) atoms. The van der Waals surface area contributed by atoms with Gasteiger partial charge in [-0.25, -0.2) is 4.79 Å². The standard InChI is InChI=1S/C14H12ClNO3S/c1-9(19-14(18)12-3-2-8-20-12)13(17)16-11-6-4-10(15)5-7-11/h2-9H,1H3,(H,16,17)/t9-/m0/s1. The Bertz CT molecular complexity index is 595. The number of hydrogen-bond acceptors (Lipinski definition) is 4. The quantitative estimate of drug-likeness (QED) is 0.878. The average molecular weight is 310 g/mol. The molecule has 104 valence electrons. The van der Waals surface area contributed by atoms with E-state index < -0.39 is 18.0 Å². The summed E-state index contributed by atoms with van der Waals surface area (Å²) < 4.78 is 5.09. The largest absolute Gasteiger partial charge is 0.448 e. The fourth-order valence-electron chi connectivity index (χ4n) is 1.44. The first-order valence-corrected chi connectivity index (χ1v) is 7.13. The van der Waals surface area contributed by atoms with Crippen LogP contribution in [0.15, 0.2) is 41.8 Å². The Morgan fingerprint density at radius 2 is 1.95 bits per heavy atom. The number of benzene rings is 1. The van der Waals surface area contributed by atoms with Gasteiger partial charge in [-0.2, -0.15) is 0 Å². The zero-order valence-corrected chi connectivity index (χ0v) is 12.2. The molecule has 0 unspecified atom stereocenters. The van der Waals surface area contributed by atoms with Gasteiger partial charge in [-0.1, -0.05) is 17.7 Å². The topological polar surface area (TPSA) is 55.4 Å². The van der Waals surface area contributed by atoms with Crippen LogP contribution in [0.5, 0.6) is 0 Å². The number of carbonyl (C=O) groups excluding carboxylic acids is 2. The molecule has 0 saturated carbocycles. The van der Waals surface area contributed by atoms with Gasteiger partial charge in [-0.15, -0.1) is 11.3 Å². The first-order valence-electron chi connectivity index (χ1n) is 5.87. The Morgan fingerprint density at radius 1 is 1.25 bits per heavy atom. The van der Waals surface area contributed by atoms with Gasteiger partial charge in [-0.05, 0) is 42.6 Å². The molecule has 0 aliphatic carbocycles. The van der Waals surface area contributed by atoms with Crippen molar-refractivity contribution < 1.29 is 14.3 Å². The van der Waals surface area contributed by atoms with Crippen LogP contribution in [0.3, 0.4) is 0 Å². The lowest BCUT2D eigenvalue weighted by Crippen LogP contribution is -2.29. The lowest BCUT2D eigenvalue weighted by molar-refractivity contribution is -0.123. The fourth-order valence-corrected chi connectivity index (χ4v) is 2.18. The van der Waals surface area contributed by atoms with Gasteiger partial charge in [0.2, 0.25) is 0 Å². The van der Waals surface area contributed by atoms with Gasteiger partial charge in [-0.3, -0.25) is 4.79 Å². The van der Waals surface area contributed by atoms with Gasteiger partial charge in [0.1, 0.15) is 4.88 Å². The molecule has 0 saturated heterocycles. The van der Waals surface area contributed by atoms with Crippen LogP contribution in [0.2, 0.25) is 5.02 Å². The van der Waals surface area contributed by atoms with E-state index in [1.54, 1.807) is 41.8 Å². The molecule has 1 heterocycles. The molecular formula is C14H12ClNO3S. The third-order valence-electron chi connectivity index (χ3n) is 2.49. The molecule has 1 amide bonds. The van der Waals surface area contributed by atoms with E-state index in [1.165, 1.54) is 18.3 Å². The van der Waals surface area contributed by atoms with Crippen molar-refractivity contribution in [2.75, 3.05) is 5.32 Å². The zero-order chi connectivity index (χ0) is 14.5. The maximum absolute atomic E-state index is 11.9. The van der Waals surface area contributed by atoms with Crippen LogP contribution in [0.1, 0.15) is 16.6 Å². The number of thiophene rings is 1. The molecule has 6 heteroatoms. The summed E-state index contributed by atoms with van der Waals surface area (Å²) in [7, 11) is 0. The van der Waals surface area contributed by atoms with Crippen molar-refractivity contribution in [2.45, 2.75) is 13.0 Å². The van der Waals surface area contributed by atoms with E-state index in [0.717, 1.165) is 0 Å². The summed E-state index contributed by atoms with van der Waals surface area (Å²) in [5.41, 5.74) is 0.596. The molecule has 0 aliphatic heterocycles. The Kier molecular flexibility index (Phi) is 4.76. The van der Waals surface area contributed by atoms with Crippen LogP contribution >= 0.6 is 22.9 Å². The number of amides is 1. The molecule has 0 aliphatic rings. The minimum atomic E-state index is -0.875. The highest BCUT2D eigenvalue weighted by atomic mass is 35.5. The van der Waals surface area contributed by atoms with Crippen LogP contribution in [0, 0.1) is 0 Å². The van der Waals surface area contributed by atoms with Gasteiger partial charge < -0.3 is 10.1 Å². The predicted octanol–water partition coefficient (Wildman–Crippen LogP) is 3.59. The summed E-state index contributed by atoms with van der Waals surface area (Å²) >= 11 is 7.03. The Hall–Kier alpha value is -1.85. The number of esters is 1. The summed E-state index contributed by atoms with van der Waals surface area (Å²) in [6.07, 6.45) is -0.875. The van der Waals surface area contributed by atoms with Crippen LogP contribution in [-0.2, 0) is 9.53 Å². The minimum Gasteiger partial charge on any atom is -0.448 e.